The Morgan fingerprint density at radius 2 is 2.08 bits per heavy atom. The van der Waals surface area contributed by atoms with Crippen LogP contribution in [0, 0.1) is 5.92 Å². The minimum atomic E-state index is -0.0610. The van der Waals surface area contributed by atoms with Crippen molar-refractivity contribution in [2.45, 2.75) is 31.7 Å². The molecule has 0 saturated heterocycles. The second kappa shape index (κ2) is 9.61. The number of pyridine rings is 1. The molecule has 1 amide bonds. The minimum Gasteiger partial charge on any atom is -0.349 e. The molecule has 132 valence electrons. The van der Waals surface area contributed by atoms with Crippen LogP contribution in [0.5, 0.6) is 0 Å². The number of amides is 1. The van der Waals surface area contributed by atoms with Crippen molar-refractivity contribution in [1.29, 1.82) is 0 Å². The minimum absolute atomic E-state index is 0. The van der Waals surface area contributed by atoms with Crippen LogP contribution in [0.2, 0.25) is 0 Å². The summed E-state index contributed by atoms with van der Waals surface area (Å²) < 4.78 is 1.78. The maximum absolute atomic E-state index is 12.5. The van der Waals surface area contributed by atoms with Gasteiger partial charge >= 0.3 is 0 Å². The van der Waals surface area contributed by atoms with Crippen molar-refractivity contribution in [2.75, 3.05) is 6.54 Å². The molecular formula is C16H23Cl2N5O. The first-order chi connectivity index (χ1) is 10.8. The molecule has 1 aliphatic carbocycles. The molecule has 1 aliphatic rings. The van der Waals surface area contributed by atoms with Crippen LogP contribution in [0.4, 0.5) is 0 Å². The number of nitrogens with one attached hydrogen (secondary N) is 1. The van der Waals surface area contributed by atoms with E-state index < -0.39 is 0 Å². The van der Waals surface area contributed by atoms with Crippen molar-refractivity contribution in [3.63, 3.8) is 0 Å². The summed E-state index contributed by atoms with van der Waals surface area (Å²) in [5.74, 6) is 1.01. The first kappa shape index (κ1) is 20.4. The van der Waals surface area contributed by atoms with Gasteiger partial charge < -0.3 is 11.1 Å². The van der Waals surface area contributed by atoms with Gasteiger partial charge in [-0.2, -0.15) is 0 Å². The van der Waals surface area contributed by atoms with Gasteiger partial charge in [0, 0.05) is 30.2 Å². The number of hydrogen-bond donors (Lipinski definition) is 2. The molecule has 0 bridgehead atoms. The Balaban J connectivity index is 0.00000144. The summed E-state index contributed by atoms with van der Waals surface area (Å²) in [4.78, 5) is 20.8. The van der Waals surface area contributed by atoms with E-state index in [0.717, 1.165) is 19.3 Å². The van der Waals surface area contributed by atoms with E-state index in [9.17, 15) is 4.79 Å². The van der Waals surface area contributed by atoms with Crippen molar-refractivity contribution in [1.82, 2.24) is 19.9 Å². The molecule has 1 saturated carbocycles. The molecule has 1 fully saturated rings. The number of carbonyl (C=O) groups is 1. The third kappa shape index (κ3) is 4.69. The molecule has 0 radical (unpaired) electrons. The second-order valence-electron chi connectivity index (χ2n) is 5.73. The molecule has 3 rings (SSSR count). The van der Waals surface area contributed by atoms with Gasteiger partial charge in [-0.05, 0) is 37.4 Å². The highest BCUT2D eigenvalue weighted by molar-refractivity contribution is 5.94. The van der Waals surface area contributed by atoms with Gasteiger partial charge in [0.15, 0.2) is 0 Å². The highest BCUT2D eigenvalue weighted by Crippen LogP contribution is 2.23. The molecule has 8 heteroatoms. The second-order valence-corrected chi connectivity index (χ2v) is 5.73. The summed E-state index contributed by atoms with van der Waals surface area (Å²) in [5, 5.41) is 3.14. The molecule has 0 aliphatic heterocycles. The zero-order chi connectivity index (χ0) is 15.4. The van der Waals surface area contributed by atoms with E-state index in [1.807, 2.05) is 0 Å². The predicted octanol–water partition coefficient (Wildman–Crippen LogP) is 2.36. The first-order valence-electron chi connectivity index (χ1n) is 7.73. The van der Waals surface area contributed by atoms with Crippen molar-refractivity contribution < 1.29 is 4.79 Å². The van der Waals surface area contributed by atoms with Crippen molar-refractivity contribution in [3.05, 3.63) is 42.6 Å². The fourth-order valence-electron chi connectivity index (χ4n) is 3.03. The number of rotatable bonds is 4. The molecule has 3 N–H and O–H groups in total. The lowest BCUT2D eigenvalue weighted by molar-refractivity contribution is 0.0908. The van der Waals surface area contributed by atoms with Gasteiger partial charge in [0.05, 0.1) is 0 Å². The molecule has 2 aromatic rings. The third-order valence-corrected chi connectivity index (χ3v) is 4.30. The molecule has 0 spiro atoms. The highest BCUT2D eigenvalue weighted by Gasteiger charge is 2.25. The van der Waals surface area contributed by atoms with Gasteiger partial charge in [0.1, 0.15) is 12.1 Å². The third-order valence-electron chi connectivity index (χ3n) is 4.30. The standard InChI is InChI=1S/C16H21N5O.2ClH/c17-10-13-3-1-2-4-14(13)20-16(22)12-5-6-19-15(9-12)21-8-7-18-11-21;;/h5-9,11,13-14H,1-4,10,17H2,(H,20,22);2*1H. The average Bonchev–Trinajstić information content (AvgIpc) is 3.10. The Hall–Kier alpha value is -1.63. The van der Waals surface area contributed by atoms with Crippen molar-refractivity contribution >= 4 is 30.7 Å². The van der Waals surface area contributed by atoms with E-state index in [0.29, 0.717) is 23.8 Å². The topological polar surface area (TPSA) is 85.8 Å². The summed E-state index contributed by atoms with van der Waals surface area (Å²) in [7, 11) is 0. The van der Waals surface area contributed by atoms with Crippen LogP contribution in [-0.4, -0.2) is 33.0 Å². The zero-order valence-electron chi connectivity index (χ0n) is 13.3. The van der Waals surface area contributed by atoms with E-state index >= 15 is 0 Å². The van der Waals surface area contributed by atoms with Crippen molar-refractivity contribution in [3.8, 4) is 5.82 Å². The molecule has 2 unspecified atom stereocenters. The van der Waals surface area contributed by atoms with Crippen LogP contribution < -0.4 is 11.1 Å². The maximum atomic E-state index is 12.5. The van der Waals surface area contributed by atoms with Crippen LogP contribution >= 0.6 is 24.8 Å². The van der Waals surface area contributed by atoms with Crippen LogP contribution in [0.15, 0.2) is 37.1 Å². The van der Waals surface area contributed by atoms with Crippen LogP contribution in [0.1, 0.15) is 36.0 Å². The van der Waals surface area contributed by atoms with Gasteiger partial charge in [0.2, 0.25) is 0 Å². The smallest absolute Gasteiger partial charge is 0.251 e. The fourth-order valence-corrected chi connectivity index (χ4v) is 3.03. The summed E-state index contributed by atoms with van der Waals surface area (Å²) in [6, 6.07) is 3.68. The molecule has 2 heterocycles. The molecule has 2 atom stereocenters. The molecule has 6 nitrogen and oxygen atoms in total. The first-order valence-corrected chi connectivity index (χ1v) is 7.73. The number of hydrogen-bond acceptors (Lipinski definition) is 4. The van der Waals surface area contributed by atoms with Gasteiger partial charge in [-0.3, -0.25) is 9.36 Å². The van der Waals surface area contributed by atoms with Gasteiger partial charge in [-0.15, -0.1) is 24.8 Å². The molecular weight excluding hydrogens is 349 g/mol. The summed E-state index contributed by atoms with van der Waals surface area (Å²) in [6.45, 7) is 0.627. The lowest BCUT2D eigenvalue weighted by Crippen LogP contribution is -2.44. The Morgan fingerprint density at radius 1 is 1.29 bits per heavy atom. The number of nitrogens with zero attached hydrogens (tertiary/aromatic N) is 3. The lowest BCUT2D eigenvalue weighted by atomic mass is 9.84. The maximum Gasteiger partial charge on any atom is 0.251 e. The number of halogens is 2. The van der Waals surface area contributed by atoms with E-state index in [1.165, 1.54) is 6.42 Å². The fraction of sp³-hybridized carbons (Fsp3) is 0.438. The van der Waals surface area contributed by atoms with Crippen LogP contribution in [0.3, 0.4) is 0 Å². The van der Waals surface area contributed by atoms with Crippen LogP contribution in [0.25, 0.3) is 5.82 Å². The monoisotopic (exact) mass is 371 g/mol. The molecule has 24 heavy (non-hydrogen) atoms. The predicted molar refractivity (Wildman–Crippen MR) is 98.1 cm³/mol. The number of imidazole rings is 1. The summed E-state index contributed by atoms with van der Waals surface area (Å²) in [6.07, 6.45) is 11.2. The number of aromatic nitrogens is 3. The van der Waals surface area contributed by atoms with E-state index in [4.69, 9.17) is 5.73 Å². The Labute approximate surface area is 154 Å². The molecule has 2 aromatic heterocycles. The quantitative estimate of drug-likeness (QED) is 0.863. The highest BCUT2D eigenvalue weighted by atomic mass is 35.5. The zero-order valence-corrected chi connectivity index (χ0v) is 14.9. The average molecular weight is 372 g/mol. The van der Waals surface area contributed by atoms with E-state index in [2.05, 4.69) is 15.3 Å². The van der Waals surface area contributed by atoms with E-state index in [-0.39, 0.29) is 36.8 Å². The van der Waals surface area contributed by atoms with E-state index in [1.54, 1.807) is 41.6 Å². The number of carbonyl (C=O) groups excluding carboxylic acids is 1. The lowest BCUT2D eigenvalue weighted by Gasteiger charge is -2.31. The Morgan fingerprint density at radius 3 is 2.79 bits per heavy atom. The summed E-state index contributed by atoms with van der Waals surface area (Å²) in [5.41, 5.74) is 6.44. The van der Waals surface area contributed by atoms with Crippen molar-refractivity contribution in [2.24, 2.45) is 11.7 Å². The molecule has 0 aromatic carbocycles. The SMILES string of the molecule is Cl.Cl.NCC1CCCCC1NC(=O)c1ccnc(-n2ccnc2)c1. The van der Waals surface area contributed by atoms with Gasteiger partial charge in [-0.1, -0.05) is 12.8 Å². The van der Waals surface area contributed by atoms with Crippen LogP contribution in [-0.2, 0) is 0 Å². The van der Waals surface area contributed by atoms with Gasteiger partial charge in [-0.25, -0.2) is 9.97 Å². The van der Waals surface area contributed by atoms with Gasteiger partial charge in [0.25, 0.3) is 5.91 Å². The Bertz CT molecular complexity index is 635. The largest absolute Gasteiger partial charge is 0.349 e. The number of nitrogens with two attached hydrogens (primary N) is 1. The Kier molecular flexibility index (Phi) is 8.18. The summed E-state index contributed by atoms with van der Waals surface area (Å²) >= 11 is 0. The normalized spacial score (nSPS) is 19.7.